The van der Waals surface area contributed by atoms with Gasteiger partial charge in [-0.25, -0.2) is 0 Å². The summed E-state index contributed by atoms with van der Waals surface area (Å²) in [5, 5.41) is 0. The fraction of sp³-hybridized carbons (Fsp3) is 0.500. The molecule has 0 radical (unpaired) electrons. The van der Waals surface area contributed by atoms with Crippen molar-refractivity contribution in [2.75, 3.05) is 20.6 Å². The van der Waals surface area contributed by atoms with Gasteiger partial charge < -0.3 is 15.2 Å². The third-order valence-corrected chi connectivity index (χ3v) is 5.06. The van der Waals surface area contributed by atoms with Gasteiger partial charge >= 0.3 is 0 Å². The van der Waals surface area contributed by atoms with Crippen LogP contribution in [0.4, 0.5) is 0 Å². The Balaban J connectivity index is 2.49. The lowest BCUT2D eigenvalue weighted by Crippen LogP contribution is -2.16. The molecule has 1 heterocycles. The normalized spacial score (nSPS) is 12.0. The summed E-state index contributed by atoms with van der Waals surface area (Å²) in [7, 11) is 4.15. The van der Waals surface area contributed by atoms with Gasteiger partial charge in [-0.05, 0) is 57.5 Å². The van der Waals surface area contributed by atoms with Gasteiger partial charge in [0.05, 0.1) is 5.56 Å². The van der Waals surface area contributed by atoms with Crippen LogP contribution in [-0.2, 0) is 12.0 Å². The molecule has 2 rings (SSSR count). The second kappa shape index (κ2) is 7.67. The summed E-state index contributed by atoms with van der Waals surface area (Å²) in [5.41, 5.74) is 11.9. The summed E-state index contributed by atoms with van der Waals surface area (Å²) >= 11 is 0. The Kier molecular flexibility index (Phi) is 5.97. The number of benzene rings is 1. The Hall–Kier alpha value is -2.07. The molecule has 4 heteroatoms. The Morgan fingerprint density at radius 1 is 1.08 bits per heavy atom. The first kappa shape index (κ1) is 20.2. The van der Waals surface area contributed by atoms with Crippen molar-refractivity contribution in [3.63, 3.8) is 0 Å². The predicted molar refractivity (Wildman–Crippen MR) is 110 cm³/mol. The van der Waals surface area contributed by atoms with Gasteiger partial charge in [-0.1, -0.05) is 45.0 Å². The number of aromatic nitrogens is 1. The molecule has 0 unspecified atom stereocenters. The minimum Gasteiger partial charge on any atom is -0.366 e. The molecule has 26 heavy (non-hydrogen) atoms. The van der Waals surface area contributed by atoms with Crippen LogP contribution in [0.15, 0.2) is 24.3 Å². The molecular weight excluding hydrogens is 322 g/mol. The molecule has 142 valence electrons. The number of nitrogens with two attached hydrogens (primary N) is 1. The highest BCUT2D eigenvalue weighted by Crippen LogP contribution is 2.34. The van der Waals surface area contributed by atoms with Crippen LogP contribution in [-0.4, -0.2) is 36.0 Å². The Morgan fingerprint density at radius 2 is 1.65 bits per heavy atom. The van der Waals surface area contributed by atoms with Crippen LogP contribution >= 0.6 is 0 Å². The third-order valence-electron chi connectivity index (χ3n) is 5.06. The molecule has 0 spiro atoms. The molecule has 0 saturated carbocycles. The lowest BCUT2D eigenvalue weighted by molar-refractivity contribution is 0.1000. The van der Waals surface area contributed by atoms with Crippen LogP contribution in [0, 0.1) is 13.8 Å². The van der Waals surface area contributed by atoms with E-state index < -0.39 is 0 Å². The van der Waals surface area contributed by atoms with Gasteiger partial charge in [0, 0.05) is 23.5 Å². The van der Waals surface area contributed by atoms with E-state index in [1.165, 1.54) is 5.56 Å². The van der Waals surface area contributed by atoms with Gasteiger partial charge in [0.15, 0.2) is 0 Å². The molecule has 4 nitrogen and oxygen atoms in total. The van der Waals surface area contributed by atoms with E-state index in [0.717, 1.165) is 42.0 Å². The van der Waals surface area contributed by atoms with Gasteiger partial charge in [0.25, 0.3) is 5.91 Å². The first-order chi connectivity index (χ1) is 12.0. The lowest BCUT2D eigenvalue weighted by atomic mass is 9.86. The Morgan fingerprint density at radius 3 is 2.12 bits per heavy atom. The summed E-state index contributed by atoms with van der Waals surface area (Å²) in [5.74, 6) is -0.355. The number of hydrogen-bond acceptors (Lipinski definition) is 2. The van der Waals surface area contributed by atoms with Gasteiger partial charge in [0.2, 0.25) is 0 Å². The number of amides is 1. The molecule has 0 saturated heterocycles. The van der Waals surface area contributed by atoms with E-state index in [2.05, 4.69) is 75.5 Å². The molecule has 2 N–H and O–H groups in total. The van der Waals surface area contributed by atoms with E-state index in [1.807, 2.05) is 6.92 Å². The molecule has 0 aliphatic heterocycles. The second-order valence-electron chi connectivity index (χ2n) is 8.42. The Labute approximate surface area is 158 Å². The van der Waals surface area contributed by atoms with Crippen molar-refractivity contribution in [3.05, 3.63) is 46.8 Å². The smallest absolute Gasteiger partial charge is 0.251 e. The zero-order chi connectivity index (χ0) is 19.6. The Bertz CT molecular complexity index is 777. The first-order valence-corrected chi connectivity index (χ1v) is 9.29. The molecule has 1 amide bonds. The zero-order valence-corrected chi connectivity index (χ0v) is 17.3. The number of carbonyl (C=O) groups excluding carboxylic acids is 1. The van der Waals surface area contributed by atoms with Crippen LogP contribution in [0.1, 0.15) is 54.5 Å². The second-order valence-corrected chi connectivity index (χ2v) is 8.42. The summed E-state index contributed by atoms with van der Waals surface area (Å²) in [6.07, 6.45) is 1.03. The zero-order valence-electron chi connectivity index (χ0n) is 17.3. The van der Waals surface area contributed by atoms with Crippen LogP contribution < -0.4 is 5.73 Å². The van der Waals surface area contributed by atoms with Crippen molar-refractivity contribution in [2.24, 2.45) is 5.73 Å². The van der Waals surface area contributed by atoms with Crippen molar-refractivity contribution >= 4 is 5.91 Å². The molecule has 2 aromatic rings. The molecule has 0 aliphatic rings. The average Bonchev–Trinajstić information content (AvgIpc) is 2.78. The highest BCUT2D eigenvalue weighted by atomic mass is 16.1. The highest BCUT2D eigenvalue weighted by Gasteiger charge is 2.23. The predicted octanol–water partition coefficient (Wildman–Crippen LogP) is 4.12. The fourth-order valence-corrected chi connectivity index (χ4v) is 3.56. The largest absolute Gasteiger partial charge is 0.366 e. The van der Waals surface area contributed by atoms with E-state index in [4.69, 9.17) is 5.73 Å². The van der Waals surface area contributed by atoms with Crippen molar-refractivity contribution in [1.82, 2.24) is 9.47 Å². The van der Waals surface area contributed by atoms with E-state index in [9.17, 15) is 4.79 Å². The maximum atomic E-state index is 12.2. The molecular formula is C22H33N3O. The fourth-order valence-electron chi connectivity index (χ4n) is 3.56. The lowest BCUT2D eigenvalue weighted by Gasteiger charge is -2.19. The highest BCUT2D eigenvalue weighted by molar-refractivity contribution is 6.02. The van der Waals surface area contributed by atoms with E-state index in [1.54, 1.807) is 0 Å². The monoisotopic (exact) mass is 355 g/mol. The minimum atomic E-state index is -0.355. The summed E-state index contributed by atoms with van der Waals surface area (Å²) in [6, 6.07) is 8.52. The van der Waals surface area contributed by atoms with Gasteiger partial charge in [-0.2, -0.15) is 0 Å². The van der Waals surface area contributed by atoms with Crippen LogP contribution in [0.3, 0.4) is 0 Å². The maximum Gasteiger partial charge on any atom is 0.251 e. The number of rotatable bonds is 6. The van der Waals surface area contributed by atoms with E-state index >= 15 is 0 Å². The van der Waals surface area contributed by atoms with Gasteiger partial charge in [-0.15, -0.1) is 0 Å². The topological polar surface area (TPSA) is 51.3 Å². The number of carbonyl (C=O) groups is 1. The first-order valence-electron chi connectivity index (χ1n) is 9.29. The minimum absolute atomic E-state index is 0.105. The average molecular weight is 356 g/mol. The molecule has 0 atom stereocenters. The van der Waals surface area contributed by atoms with Crippen molar-refractivity contribution in [3.8, 4) is 11.1 Å². The van der Waals surface area contributed by atoms with Crippen LogP contribution in [0.2, 0.25) is 0 Å². The molecule has 1 aromatic carbocycles. The summed E-state index contributed by atoms with van der Waals surface area (Å²) in [4.78, 5) is 14.4. The SMILES string of the molecule is Cc1c(C(N)=O)c(-c2ccc(C(C)(C)C)cc2)c(C)n1CCCN(C)C. The van der Waals surface area contributed by atoms with Gasteiger partial charge in [0.1, 0.15) is 0 Å². The van der Waals surface area contributed by atoms with Crippen molar-refractivity contribution in [2.45, 2.75) is 53.0 Å². The summed E-state index contributed by atoms with van der Waals surface area (Å²) < 4.78 is 2.23. The van der Waals surface area contributed by atoms with E-state index in [0.29, 0.717) is 5.56 Å². The number of nitrogens with zero attached hydrogens (tertiary/aromatic N) is 2. The van der Waals surface area contributed by atoms with Gasteiger partial charge in [-0.3, -0.25) is 4.79 Å². The van der Waals surface area contributed by atoms with Crippen LogP contribution in [0.5, 0.6) is 0 Å². The quantitative estimate of drug-likeness (QED) is 0.847. The standard InChI is InChI=1S/C22H33N3O/c1-15-19(17-9-11-18(12-10-17)22(3,4)5)20(21(23)26)16(2)25(15)14-8-13-24(6)7/h9-12H,8,13-14H2,1-7H3,(H2,23,26). The number of primary amides is 1. The number of hydrogen-bond donors (Lipinski definition) is 1. The molecule has 0 bridgehead atoms. The molecule has 1 aromatic heterocycles. The van der Waals surface area contributed by atoms with Crippen LogP contribution in [0.25, 0.3) is 11.1 Å². The third kappa shape index (κ3) is 4.18. The molecule has 0 fully saturated rings. The van der Waals surface area contributed by atoms with Crippen molar-refractivity contribution < 1.29 is 4.79 Å². The van der Waals surface area contributed by atoms with Crippen molar-refractivity contribution in [1.29, 1.82) is 0 Å². The maximum absolute atomic E-state index is 12.2. The summed E-state index contributed by atoms with van der Waals surface area (Å²) in [6.45, 7) is 12.6. The molecule has 0 aliphatic carbocycles. The van der Waals surface area contributed by atoms with E-state index in [-0.39, 0.29) is 11.3 Å².